The van der Waals surface area contributed by atoms with Crippen LogP contribution >= 0.6 is 0 Å². The Morgan fingerprint density at radius 1 is 0.800 bits per heavy atom. The lowest BCUT2D eigenvalue weighted by Gasteiger charge is -2.24. The maximum absolute atomic E-state index is 12.8. The van der Waals surface area contributed by atoms with Gasteiger partial charge in [-0.1, -0.05) is 96.1 Å². The average molecular weight is 631 g/mol. The van der Waals surface area contributed by atoms with Gasteiger partial charge in [0.2, 0.25) is 23.6 Å². The second-order valence-electron chi connectivity index (χ2n) is 12.1. The summed E-state index contributed by atoms with van der Waals surface area (Å²) in [5, 5.41) is 26.4. The SMILES string of the molecule is CCCCCCCCCCCCCCCC(=O)NCC(=O)N1CCC[C@H]1C(=O)NCC(=O)N[C@@H](Cc1ccc(O)cc1)C(=O)O. The Balaban J connectivity index is 1.59. The number of rotatable bonds is 23. The highest BCUT2D eigenvalue weighted by Crippen LogP contribution is 2.18. The van der Waals surface area contributed by atoms with Crippen LogP contribution in [0.1, 0.15) is 115 Å². The standard InChI is InChI=1S/C34H54N4O7/c1-2-3-4-5-6-7-8-9-10-11-12-13-14-17-30(40)35-25-32(42)38-22-15-16-29(38)33(43)36-24-31(41)37-28(34(44)45)23-26-18-20-27(39)21-19-26/h18-21,28-29,39H,2-17,22-25H2,1H3,(H,35,40)(H,36,43)(H,37,41)(H,44,45)/t28-,29-/m0/s1. The molecular weight excluding hydrogens is 576 g/mol. The number of phenolic OH excluding ortho intramolecular Hbond substituents is 1. The largest absolute Gasteiger partial charge is 0.508 e. The monoisotopic (exact) mass is 630 g/mol. The molecule has 11 heteroatoms. The van der Waals surface area contributed by atoms with Crippen LogP contribution in [-0.4, -0.2) is 76.4 Å². The third-order valence-electron chi connectivity index (χ3n) is 8.25. The average Bonchev–Trinajstić information content (AvgIpc) is 3.52. The van der Waals surface area contributed by atoms with Gasteiger partial charge in [-0.15, -0.1) is 0 Å². The van der Waals surface area contributed by atoms with Crippen LogP contribution in [0.15, 0.2) is 24.3 Å². The highest BCUT2D eigenvalue weighted by atomic mass is 16.4. The van der Waals surface area contributed by atoms with E-state index in [4.69, 9.17) is 0 Å². The molecule has 0 radical (unpaired) electrons. The number of unbranched alkanes of at least 4 members (excludes halogenated alkanes) is 12. The Kier molecular flexibility index (Phi) is 18.3. The van der Waals surface area contributed by atoms with Crippen LogP contribution in [0.3, 0.4) is 0 Å². The molecule has 0 spiro atoms. The van der Waals surface area contributed by atoms with E-state index in [9.17, 15) is 34.2 Å². The molecule has 2 rings (SSSR count). The number of carbonyl (C=O) groups excluding carboxylic acids is 4. The number of likely N-dealkylation sites (tertiary alicyclic amines) is 1. The van der Waals surface area contributed by atoms with Crippen LogP contribution in [0.2, 0.25) is 0 Å². The van der Waals surface area contributed by atoms with E-state index in [1.165, 1.54) is 81.2 Å². The topological polar surface area (TPSA) is 165 Å². The predicted molar refractivity (Wildman–Crippen MR) is 172 cm³/mol. The molecule has 1 aromatic carbocycles. The molecule has 0 aliphatic carbocycles. The first kappa shape index (κ1) is 37.6. The van der Waals surface area contributed by atoms with Crippen LogP contribution in [0, 0.1) is 0 Å². The number of phenols is 1. The number of carboxylic acid groups (broad SMARTS) is 1. The van der Waals surface area contributed by atoms with Gasteiger partial charge in [-0.3, -0.25) is 19.2 Å². The Morgan fingerprint density at radius 3 is 1.96 bits per heavy atom. The Bertz CT molecular complexity index is 1060. The van der Waals surface area contributed by atoms with Crippen molar-refractivity contribution in [1.82, 2.24) is 20.9 Å². The summed E-state index contributed by atoms with van der Waals surface area (Å²) < 4.78 is 0. The molecule has 0 bridgehead atoms. The van der Waals surface area contributed by atoms with Crippen molar-refractivity contribution >= 4 is 29.6 Å². The van der Waals surface area contributed by atoms with Crippen molar-refractivity contribution in [3.05, 3.63) is 29.8 Å². The summed E-state index contributed by atoms with van der Waals surface area (Å²) in [6.07, 6.45) is 17.4. The zero-order valence-corrected chi connectivity index (χ0v) is 27.0. The first-order chi connectivity index (χ1) is 21.7. The van der Waals surface area contributed by atoms with Crippen molar-refractivity contribution in [2.45, 2.75) is 128 Å². The molecule has 5 N–H and O–H groups in total. The molecular formula is C34H54N4O7. The van der Waals surface area contributed by atoms with Crippen molar-refractivity contribution in [3.8, 4) is 5.75 Å². The lowest BCUT2D eigenvalue weighted by atomic mass is 10.0. The van der Waals surface area contributed by atoms with E-state index < -0.39 is 36.4 Å². The normalized spacial score (nSPS) is 15.0. The van der Waals surface area contributed by atoms with Gasteiger partial charge in [0.1, 0.15) is 17.8 Å². The Morgan fingerprint density at radius 2 is 1.38 bits per heavy atom. The second kappa shape index (κ2) is 22.0. The molecule has 1 saturated heterocycles. The number of nitrogens with zero attached hydrogens (tertiary/aromatic N) is 1. The van der Waals surface area contributed by atoms with E-state index in [2.05, 4.69) is 22.9 Å². The van der Waals surface area contributed by atoms with Crippen LogP contribution in [0.4, 0.5) is 0 Å². The number of carbonyl (C=O) groups is 5. The first-order valence-electron chi connectivity index (χ1n) is 16.8. The van der Waals surface area contributed by atoms with Crippen molar-refractivity contribution in [2.75, 3.05) is 19.6 Å². The van der Waals surface area contributed by atoms with Gasteiger partial charge in [-0.25, -0.2) is 4.79 Å². The fourth-order valence-electron chi connectivity index (χ4n) is 5.60. The number of benzene rings is 1. The highest BCUT2D eigenvalue weighted by Gasteiger charge is 2.34. The summed E-state index contributed by atoms with van der Waals surface area (Å²) >= 11 is 0. The van der Waals surface area contributed by atoms with Crippen molar-refractivity contribution in [2.24, 2.45) is 0 Å². The molecule has 252 valence electrons. The lowest BCUT2D eigenvalue weighted by molar-refractivity contribution is -0.142. The molecule has 0 saturated carbocycles. The number of hydrogen-bond acceptors (Lipinski definition) is 6. The van der Waals surface area contributed by atoms with Gasteiger partial charge in [-0.05, 0) is 37.0 Å². The smallest absolute Gasteiger partial charge is 0.326 e. The summed E-state index contributed by atoms with van der Waals surface area (Å²) in [6.45, 7) is 2.00. The van der Waals surface area contributed by atoms with Gasteiger partial charge in [0.25, 0.3) is 0 Å². The van der Waals surface area contributed by atoms with E-state index in [0.29, 0.717) is 31.4 Å². The van der Waals surface area contributed by atoms with E-state index in [1.54, 1.807) is 12.1 Å². The van der Waals surface area contributed by atoms with E-state index in [-0.39, 0.29) is 30.5 Å². The molecule has 2 atom stereocenters. The maximum atomic E-state index is 12.8. The summed E-state index contributed by atoms with van der Waals surface area (Å²) in [6, 6.07) is 4.01. The third-order valence-corrected chi connectivity index (χ3v) is 8.25. The summed E-state index contributed by atoms with van der Waals surface area (Å²) in [5.74, 6) is -2.89. The van der Waals surface area contributed by atoms with Crippen molar-refractivity contribution < 1.29 is 34.2 Å². The van der Waals surface area contributed by atoms with Crippen molar-refractivity contribution in [1.29, 1.82) is 0 Å². The molecule has 0 aromatic heterocycles. The number of hydrogen-bond donors (Lipinski definition) is 5. The fraction of sp³-hybridized carbons (Fsp3) is 0.676. The van der Waals surface area contributed by atoms with Crippen LogP contribution in [-0.2, 0) is 30.4 Å². The van der Waals surface area contributed by atoms with Gasteiger partial charge in [-0.2, -0.15) is 0 Å². The molecule has 4 amide bonds. The highest BCUT2D eigenvalue weighted by molar-refractivity contribution is 5.93. The molecule has 1 heterocycles. The number of amides is 4. The van der Waals surface area contributed by atoms with Crippen LogP contribution < -0.4 is 16.0 Å². The minimum absolute atomic E-state index is 0.00524. The van der Waals surface area contributed by atoms with Crippen LogP contribution in [0.25, 0.3) is 0 Å². The van der Waals surface area contributed by atoms with Gasteiger partial charge in [0, 0.05) is 19.4 Å². The minimum Gasteiger partial charge on any atom is -0.508 e. The zero-order valence-electron chi connectivity index (χ0n) is 27.0. The van der Waals surface area contributed by atoms with Gasteiger partial charge in [0.15, 0.2) is 0 Å². The summed E-state index contributed by atoms with van der Waals surface area (Å²) in [7, 11) is 0. The fourth-order valence-corrected chi connectivity index (χ4v) is 5.60. The maximum Gasteiger partial charge on any atom is 0.326 e. The third kappa shape index (κ3) is 15.8. The van der Waals surface area contributed by atoms with E-state index in [1.807, 2.05) is 0 Å². The number of aromatic hydroxyl groups is 1. The quantitative estimate of drug-likeness (QED) is 0.113. The Hall–Kier alpha value is -3.63. The van der Waals surface area contributed by atoms with Gasteiger partial charge >= 0.3 is 5.97 Å². The van der Waals surface area contributed by atoms with Crippen LogP contribution in [0.5, 0.6) is 5.75 Å². The second-order valence-corrected chi connectivity index (χ2v) is 12.1. The first-order valence-corrected chi connectivity index (χ1v) is 16.8. The number of nitrogens with one attached hydrogen (secondary N) is 3. The molecule has 11 nitrogen and oxygen atoms in total. The molecule has 45 heavy (non-hydrogen) atoms. The molecule has 1 aromatic rings. The minimum atomic E-state index is -1.23. The number of aliphatic carboxylic acids is 1. The molecule has 0 unspecified atom stereocenters. The predicted octanol–water partition coefficient (Wildman–Crippen LogP) is 4.21. The number of carboxylic acids is 1. The van der Waals surface area contributed by atoms with E-state index >= 15 is 0 Å². The Labute approximate surface area is 267 Å². The summed E-state index contributed by atoms with van der Waals surface area (Å²) in [5.41, 5.74) is 0.612. The molecule has 1 fully saturated rings. The summed E-state index contributed by atoms with van der Waals surface area (Å²) in [4.78, 5) is 63.3. The van der Waals surface area contributed by atoms with Gasteiger partial charge in [0.05, 0.1) is 13.1 Å². The zero-order chi connectivity index (χ0) is 32.9. The van der Waals surface area contributed by atoms with E-state index in [0.717, 1.165) is 19.3 Å². The van der Waals surface area contributed by atoms with Gasteiger partial charge < -0.3 is 31.1 Å². The van der Waals surface area contributed by atoms with Crippen molar-refractivity contribution in [3.63, 3.8) is 0 Å². The lowest BCUT2D eigenvalue weighted by Crippen LogP contribution is -2.51. The molecule has 1 aliphatic rings. The molecule has 1 aliphatic heterocycles.